The van der Waals surface area contributed by atoms with E-state index in [4.69, 9.17) is 4.74 Å². The molecule has 0 aliphatic carbocycles. The lowest BCUT2D eigenvalue weighted by atomic mass is 10.1. The van der Waals surface area contributed by atoms with Crippen molar-refractivity contribution in [1.29, 1.82) is 0 Å². The second-order valence-electron chi connectivity index (χ2n) is 5.29. The van der Waals surface area contributed by atoms with Crippen LogP contribution in [0.3, 0.4) is 0 Å². The molecule has 1 aromatic rings. The fraction of sp³-hybridized carbons (Fsp3) is 0.438. The number of piperazine rings is 1. The van der Waals surface area contributed by atoms with Gasteiger partial charge in [-0.2, -0.15) is 0 Å². The van der Waals surface area contributed by atoms with Gasteiger partial charge in [-0.25, -0.2) is 4.79 Å². The average molecular weight is 335 g/mol. The number of hydrogen-bond donors (Lipinski definition) is 1. The molecule has 0 spiro atoms. The van der Waals surface area contributed by atoms with Gasteiger partial charge in [0.25, 0.3) is 0 Å². The van der Waals surface area contributed by atoms with Crippen molar-refractivity contribution in [2.75, 3.05) is 38.8 Å². The van der Waals surface area contributed by atoms with Crippen molar-refractivity contribution < 1.29 is 23.9 Å². The van der Waals surface area contributed by atoms with Crippen LogP contribution in [-0.2, 0) is 14.3 Å². The Hall–Kier alpha value is -2.77. The number of urea groups is 1. The molecule has 1 heterocycles. The summed E-state index contributed by atoms with van der Waals surface area (Å²) in [6.07, 6.45) is 0. The first-order chi connectivity index (χ1) is 11.5. The van der Waals surface area contributed by atoms with Gasteiger partial charge < -0.3 is 24.6 Å². The van der Waals surface area contributed by atoms with Crippen LogP contribution in [0.4, 0.5) is 10.5 Å². The largest absolute Gasteiger partial charge is 0.497 e. The van der Waals surface area contributed by atoms with Crippen LogP contribution in [0.1, 0.15) is 6.92 Å². The van der Waals surface area contributed by atoms with Gasteiger partial charge in [0, 0.05) is 18.8 Å². The van der Waals surface area contributed by atoms with Crippen molar-refractivity contribution in [3.63, 3.8) is 0 Å². The number of nitrogens with one attached hydrogen (secondary N) is 1. The summed E-state index contributed by atoms with van der Waals surface area (Å²) < 4.78 is 9.58. The molecule has 24 heavy (non-hydrogen) atoms. The van der Waals surface area contributed by atoms with Crippen LogP contribution in [0.2, 0.25) is 0 Å². The minimum Gasteiger partial charge on any atom is -0.497 e. The van der Waals surface area contributed by atoms with Gasteiger partial charge >= 0.3 is 12.0 Å². The maximum Gasteiger partial charge on any atom is 0.325 e. The van der Waals surface area contributed by atoms with Gasteiger partial charge in [-0.3, -0.25) is 9.59 Å². The molecule has 3 amide bonds. The molecule has 0 bridgehead atoms. The zero-order valence-corrected chi connectivity index (χ0v) is 13.9. The maximum absolute atomic E-state index is 12.6. The smallest absolute Gasteiger partial charge is 0.325 e. The number of carbonyl (C=O) groups is 3. The molecule has 1 aromatic carbocycles. The minimum atomic E-state index is -0.626. The summed E-state index contributed by atoms with van der Waals surface area (Å²) in [5.41, 5.74) is 0.752. The number of amides is 3. The van der Waals surface area contributed by atoms with Crippen LogP contribution in [0, 0.1) is 0 Å². The van der Waals surface area contributed by atoms with Gasteiger partial charge in [-0.15, -0.1) is 0 Å². The Balaban J connectivity index is 2.01. The number of carbonyl (C=O) groups excluding carboxylic acids is 3. The van der Waals surface area contributed by atoms with Gasteiger partial charge in [0.1, 0.15) is 18.3 Å². The molecule has 1 atom stereocenters. The molecule has 1 aliphatic heterocycles. The summed E-state index contributed by atoms with van der Waals surface area (Å²) in [6, 6.07) is 6.08. The molecule has 0 saturated carbocycles. The van der Waals surface area contributed by atoms with Crippen LogP contribution >= 0.6 is 0 Å². The van der Waals surface area contributed by atoms with Gasteiger partial charge in [0.15, 0.2) is 0 Å². The van der Waals surface area contributed by atoms with Crippen molar-refractivity contribution in [1.82, 2.24) is 10.2 Å². The Bertz CT molecular complexity index is 617. The lowest BCUT2D eigenvalue weighted by Crippen LogP contribution is -2.60. The minimum absolute atomic E-state index is 0.181. The molecule has 0 unspecified atom stereocenters. The molecule has 0 aromatic heterocycles. The third-order valence-electron chi connectivity index (χ3n) is 3.91. The number of esters is 1. The summed E-state index contributed by atoms with van der Waals surface area (Å²) in [5, 5.41) is 2.45. The Morgan fingerprint density at radius 2 is 1.88 bits per heavy atom. The Morgan fingerprint density at radius 3 is 2.46 bits per heavy atom. The molecule has 1 fully saturated rings. The van der Waals surface area contributed by atoms with E-state index in [1.807, 2.05) is 0 Å². The van der Waals surface area contributed by atoms with Crippen LogP contribution in [0.15, 0.2) is 24.3 Å². The second-order valence-corrected chi connectivity index (χ2v) is 5.29. The molecule has 1 aliphatic rings. The van der Waals surface area contributed by atoms with E-state index < -0.39 is 18.0 Å². The predicted molar refractivity (Wildman–Crippen MR) is 86.9 cm³/mol. The first kappa shape index (κ1) is 17.6. The Kier molecular flexibility index (Phi) is 5.62. The number of methoxy groups -OCH3 is 2. The zero-order valence-electron chi connectivity index (χ0n) is 13.9. The maximum atomic E-state index is 12.6. The third kappa shape index (κ3) is 3.76. The van der Waals surface area contributed by atoms with E-state index in [1.54, 1.807) is 43.2 Å². The van der Waals surface area contributed by atoms with E-state index >= 15 is 0 Å². The van der Waals surface area contributed by atoms with E-state index in [-0.39, 0.29) is 12.5 Å². The highest BCUT2D eigenvalue weighted by Gasteiger charge is 2.35. The molecule has 1 N–H and O–H groups in total. The molecular weight excluding hydrogens is 314 g/mol. The molecule has 0 radical (unpaired) electrons. The number of rotatable bonds is 4. The lowest BCUT2D eigenvalue weighted by Gasteiger charge is -2.39. The quantitative estimate of drug-likeness (QED) is 0.815. The number of hydrogen-bond acceptors (Lipinski definition) is 5. The third-order valence-corrected chi connectivity index (χ3v) is 3.91. The van der Waals surface area contributed by atoms with Crippen molar-refractivity contribution >= 4 is 23.6 Å². The highest BCUT2D eigenvalue weighted by Crippen LogP contribution is 2.23. The second kappa shape index (κ2) is 7.67. The van der Waals surface area contributed by atoms with Crippen molar-refractivity contribution in [2.24, 2.45) is 0 Å². The van der Waals surface area contributed by atoms with Gasteiger partial charge in [0.2, 0.25) is 5.91 Å². The summed E-state index contributed by atoms with van der Waals surface area (Å²) in [5.74, 6) is -0.0149. The van der Waals surface area contributed by atoms with Crippen LogP contribution in [0.25, 0.3) is 0 Å². The summed E-state index contributed by atoms with van der Waals surface area (Å²) in [6.45, 7) is 2.18. The molecular formula is C16H21N3O5. The monoisotopic (exact) mass is 335 g/mol. The number of benzene rings is 1. The van der Waals surface area contributed by atoms with Crippen molar-refractivity contribution in [3.8, 4) is 5.75 Å². The molecule has 8 heteroatoms. The normalized spacial score (nSPS) is 17.5. The fourth-order valence-electron chi connectivity index (χ4n) is 2.49. The average Bonchev–Trinajstić information content (AvgIpc) is 2.61. The predicted octanol–water partition coefficient (Wildman–Crippen LogP) is 0.615. The van der Waals surface area contributed by atoms with E-state index in [2.05, 4.69) is 10.1 Å². The van der Waals surface area contributed by atoms with E-state index in [0.29, 0.717) is 18.8 Å². The number of nitrogens with zero attached hydrogens (tertiary/aromatic N) is 2. The summed E-state index contributed by atoms with van der Waals surface area (Å²) >= 11 is 0. The van der Waals surface area contributed by atoms with Crippen LogP contribution < -0.4 is 15.0 Å². The van der Waals surface area contributed by atoms with Crippen LogP contribution in [0.5, 0.6) is 5.75 Å². The topological polar surface area (TPSA) is 88.2 Å². The Morgan fingerprint density at radius 1 is 1.21 bits per heavy atom. The summed E-state index contributed by atoms with van der Waals surface area (Å²) in [4.78, 5) is 38.8. The molecule has 2 rings (SSSR count). The van der Waals surface area contributed by atoms with Crippen molar-refractivity contribution in [2.45, 2.75) is 13.0 Å². The highest BCUT2D eigenvalue weighted by molar-refractivity contribution is 6.00. The number of anilines is 1. The fourth-order valence-corrected chi connectivity index (χ4v) is 2.49. The van der Waals surface area contributed by atoms with Crippen molar-refractivity contribution in [3.05, 3.63) is 24.3 Å². The first-order valence-electron chi connectivity index (χ1n) is 7.54. The molecule has 1 saturated heterocycles. The molecule has 8 nitrogen and oxygen atoms in total. The zero-order chi connectivity index (χ0) is 17.7. The van der Waals surface area contributed by atoms with Gasteiger partial charge in [0.05, 0.1) is 14.2 Å². The SMILES string of the molecule is COC(=O)CNC(=O)N1CCN(c2ccc(OC)cc2)C(=O)[C@H]1C. The highest BCUT2D eigenvalue weighted by atomic mass is 16.5. The van der Waals surface area contributed by atoms with Gasteiger partial charge in [-0.05, 0) is 31.2 Å². The van der Waals surface area contributed by atoms with E-state index in [9.17, 15) is 14.4 Å². The van der Waals surface area contributed by atoms with E-state index in [0.717, 1.165) is 5.69 Å². The number of ether oxygens (including phenoxy) is 2. The Labute approximate surface area is 140 Å². The molecule has 130 valence electrons. The summed E-state index contributed by atoms with van der Waals surface area (Å²) in [7, 11) is 2.82. The van der Waals surface area contributed by atoms with E-state index in [1.165, 1.54) is 12.0 Å². The first-order valence-corrected chi connectivity index (χ1v) is 7.54. The van der Waals surface area contributed by atoms with Crippen LogP contribution in [-0.4, -0.2) is 62.7 Å². The standard InChI is InChI=1S/C16H21N3O5/c1-11-15(21)19(12-4-6-13(23-2)7-5-12)9-8-18(11)16(22)17-10-14(20)24-3/h4-7,11H,8-10H2,1-3H3,(H,17,22)/t11-/m1/s1. The lowest BCUT2D eigenvalue weighted by molar-refractivity contribution is -0.139. The van der Waals surface area contributed by atoms with Gasteiger partial charge in [-0.1, -0.05) is 0 Å².